The van der Waals surface area contributed by atoms with Crippen LogP contribution < -0.4 is 10.1 Å². The Labute approximate surface area is 170 Å². The van der Waals surface area contributed by atoms with Crippen LogP contribution in [0.5, 0.6) is 5.75 Å². The van der Waals surface area contributed by atoms with Gasteiger partial charge in [-0.15, -0.1) is 11.3 Å². The van der Waals surface area contributed by atoms with Crippen LogP contribution in [-0.4, -0.2) is 17.4 Å². The zero-order chi connectivity index (χ0) is 20.1. The number of halogens is 1. The zero-order valence-electron chi connectivity index (χ0n) is 14.9. The van der Waals surface area contributed by atoms with E-state index >= 15 is 0 Å². The van der Waals surface area contributed by atoms with E-state index in [0.29, 0.717) is 0 Å². The van der Waals surface area contributed by atoms with Crippen LogP contribution in [0.25, 0.3) is 0 Å². The molecule has 1 N–H and O–H groups in total. The van der Waals surface area contributed by atoms with Crippen molar-refractivity contribution < 1.29 is 14.5 Å². The lowest BCUT2D eigenvalue weighted by Crippen LogP contribution is -2.32. The third-order valence-corrected chi connectivity index (χ3v) is 5.26. The second-order valence-corrected chi connectivity index (χ2v) is 7.47. The highest BCUT2D eigenvalue weighted by atomic mass is 35.5. The molecule has 1 heterocycles. The number of benzene rings is 2. The van der Waals surface area contributed by atoms with Crippen LogP contribution in [0.15, 0.2) is 60.0 Å². The van der Waals surface area contributed by atoms with Crippen molar-refractivity contribution >= 4 is 34.5 Å². The molecule has 0 aliphatic carbocycles. The first-order valence-corrected chi connectivity index (χ1v) is 9.66. The maximum atomic E-state index is 12.5. The molecule has 28 heavy (non-hydrogen) atoms. The molecule has 3 rings (SSSR count). The highest BCUT2D eigenvalue weighted by Crippen LogP contribution is 2.29. The molecule has 1 amide bonds. The SMILES string of the molecule is Cc1ccc(C(NC(=O)COc2ccc([N+](=O)[O-])cc2Cl)c2cccs2)cc1. The van der Waals surface area contributed by atoms with Crippen molar-refractivity contribution in [3.63, 3.8) is 0 Å². The number of nitrogens with zero attached hydrogens (tertiary/aromatic N) is 1. The van der Waals surface area contributed by atoms with Gasteiger partial charge in [-0.3, -0.25) is 14.9 Å². The molecule has 0 aliphatic heterocycles. The topological polar surface area (TPSA) is 81.5 Å². The fourth-order valence-electron chi connectivity index (χ4n) is 2.60. The first-order valence-electron chi connectivity index (χ1n) is 8.40. The van der Waals surface area contributed by atoms with Gasteiger partial charge in [0.2, 0.25) is 0 Å². The lowest BCUT2D eigenvalue weighted by molar-refractivity contribution is -0.384. The summed E-state index contributed by atoms with van der Waals surface area (Å²) in [6.45, 7) is 1.75. The quantitative estimate of drug-likeness (QED) is 0.438. The van der Waals surface area contributed by atoms with Gasteiger partial charge in [0.15, 0.2) is 6.61 Å². The van der Waals surface area contributed by atoms with Crippen LogP contribution in [-0.2, 0) is 4.79 Å². The summed E-state index contributed by atoms with van der Waals surface area (Å²) in [4.78, 5) is 23.7. The number of nitro groups is 1. The summed E-state index contributed by atoms with van der Waals surface area (Å²) in [6.07, 6.45) is 0. The predicted octanol–water partition coefficient (Wildman–Crippen LogP) is 4.90. The van der Waals surface area contributed by atoms with E-state index in [-0.39, 0.29) is 35.0 Å². The second kappa shape index (κ2) is 8.86. The largest absolute Gasteiger partial charge is 0.482 e. The monoisotopic (exact) mass is 416 g/mol. The van der Waals surface area contributed by atoms with Crippen LogP contribution >= 0.6 is 22.9 Å². The molecule has 0 fully saturated rings. The highest BCUT2D eigenvalue weighted by Gasteiger charge is 2.19. The average molecular weight is 417 g/mol. The summed E-state index contributed by atoms with van der Waals surface area (Å²) in [5.74, 6) is -0.112. The van der Waals surface area contributed by atoms with Crippen LogP contribution in [0.1, 0.15) is 22.0 Å². The van der Waals surface area contributed by atoms with Crippen LogP contribution in [0.2, 0.25) is 5.02 Å². The van der Waals surface area contributed by atoms with Gasteiger partial charge in [0.25, 0.3) is 11.6 Å². The molecule has 8 heteroatoms. The minimum absolute atomic E-state index is 0.0790. The predicted molar refractivity (Wildman–Crippen MR) is 109 cm³/mol. The summed E-state index contributed by atoms with van der Waals surface area (Å²) < 4.78 is 5.44. The van der Waals surface area contributed by atoms with E-state index in [1.54, 1.807) is 11.3 Å². The van der Waals surface area contributed by atoms with Crippen molar-refractivity contribution in [3.8, 4) is 5.75 Å². The Kier molecular flexibility index (Phi) is 6.28. The number of non-ortho nitro benzene ring substituents is 1. The summed E-state index contributed by atoms with van der Waals surface area (Å²) in [5.41, 5.74) is 1.96. The molecule has 0 aliphatic rings. The zero-order valence-corrected chi connectivity index (χ0v) is 16.5. The van der Waals surface area contributed by atoms with Crippen LogP contribution in [0.4, 0.5) is 5.69 Å². The first-order chi connectivity index (χ1) is 13.4. The lowest BCUT2D eigenvalue weighted by Gasteiger charge is -2.18. The maximum Gasteiger partial charge on any atom is 0.271 e. The third kappa shape index (κ3) is 4.88. The Hall–Kier alpha value is -2.90. The summed E-state index contributed by atoms with van der Waals surface area (Å²) >= 11 is 7.55. The summed E-state index contributed by atoms with van der Waals surface area (Å²) in [5, 5.41) is 15.8. The van der Waals surface area contributed by atoms with Gasteiger partial charge in [-0.05, 0) is 30.0 Å². The van der Waals surface area contributed by atoms with Gasteiger partial charge in [0.1, 0.15) is 5.75 Å². The Morgan fingerprint density at radius 1 is 1.25 bits per heavy atom. The Bertz CT molecular complexity index is 974. The molecule has 1 aromatic heterocycles. The van der Waals surface area contributed by atoms with Gasteiger partial charge in [-0.1, -0.05) is 47.5 Å². The molecule has 0 spiro atoms. The number of amides is 1. The molecule has 6 nitrogen and oxygen atoms in total. The minimum atomic E-state index is -0.546. The number of ether oxygens (including phenoxy) is 1. The lowest BCUT2D eigenvalue weighted by atomic mass is 10.0. The van der Waals surface area contributed by atoms with Gasteiger partial charge in [-0.25, -0.2) is 0 Å². The van der Waals surface area contributed by atoms with Crippen LogP contribution in [0, 0.1) is 17.0 Å². The maximum absolute atomic E-state index is 12.5. The molecule has 3 aromatic rings. The molecule has 0 bridgehead atoms. The molecule has 0 saturated heterocycles. The van der Waals surface area contributed by atoms with E-state index in [2.05, 4.69) is 5.32 Å². The van der Waals surface area contributed by atoms with Gasteiger partial charge >= 0.3 is 0 Å². The molecule has 0 radical (unpaired) electrons. The van der Waals surface area contributed by atoms with Crippen molar-refractivity contribution in [1.29, 1.82) is 0 Å². The number of hydrogen-bond donors (Lipinski definition) is 1. The Morgan fingerprint density at radius 3 is 2.61 bits per heavy atom. The summed E-state index contributed by atoms with van der Waals surface area (Å²) in [7, 11) is 0. The van der Waals surface area contributed by atoms with Crippen LogP contribution in [0.3, 0.4) is 0 Å². The average Bonchev–Trinajstić information content (AvgIpc) is 3.20. The third-order valence-electron chi connectivity index (χ3n) is 4.03. The number of thiophene rings is 1. The number of nitrogens with one attached hydrogen (secondary N) is 1. The van der Waals surface area contributed by atoms with Gasteiger partial charge in [0, 0.05) is 17.0 Å². The number of carbonyl (C=O) groups excluding carboxylic acids is 1. The number of hydrogen-bond acceptors (Lipinski definition) is 5. The molecule has 0 saturated carbocycles. The van der Waals surface area contributed by atoms with E-state index in [1.165, 1.54) is 18.2 Å². The van der Waals surface area contributed by atoms with Crippen molar-refractivity contribution in [2.45, 2.75) is 13.0 Å². The number of aryl methyl sites for hydroxylation is 1. The van der Waals surface area contributed by atoms with Gasteiger partial charge in [-0.2, -0.15) is 0 Å². The standard InChI is InChI=1S/C20H17ClN2O4S/c1-13-4-6-14(7-5-13)20(18-3-2-10-28-18)22-19(24)12-27-17-9-8-15(23(25)26)11-16(17)21/h2-11,20H,12H2,1H3,(H,22,24). The molecule has 144 valence electrons. The molecular weight excluding hydrogens is 400 g/mol. The Morgan fingerprint density at radius 2 is 2.00 bits per heavy atom. The number of nitro benzene ring substituents is 1. The molecule has 1 atom stereocenters. The highest BCUT2D eigenvalue weighted by molar-refractivity contribution is 7.10. The van der Waals surface area contributed by atoms with Gasteiger partial charge in [0.05, 0.1) is 16.0 Å². The minimum Gasteiger partial charge on any atom is -0.482 e. The first kappa shape index (κ1) is 19.9. The van der Waals surface area contributed by atoms with E-state index in [0.717, 1.165) is 16.0 Å². The molecular formula is C20H17ClN2O4S. The van der Waals surface area contributed by atoms with E-state index < -0.39 is 4.92 Å². The number of rotatable bonds is 7. The van der Waals surface area contributed by atoms with E-state index in [4.69, 9.17) is 16.3 Å². The van der Waals surface area contributed by atoms with Crippen molar-refractivity contribution in [3.05, 3.63) is 91.1 Å². The fraction of sp³-hybridized carbons (Fsp3) is 0.150. The van der Waals surface area contributed by atoms with Crippen molar-refractivity contribution in [2.24, 2.45) is 0 Å². The summed E-state index contributed by atoms with van der Waals surface area (Å²) in [6, 6.07) is 15.4. The second-order valence-electron chi connectivity index (χ2n) is 6.09. The van der Waals surface area contributed by atoms with Gasteiger partial charge < -0.3 is 10.1 Å². The normalized spacial score (nSPS) is 11.6. The van der Waals surface area contributed by atoms with Crippen molar-refractivity contribution in [1.82, 2.24) is 5.32 Å². The Balaban J connectivity index is 1.69. The van der Waals surface area contributed by atoms with E-state index in [9.17, 15) is 14.9 Å². The molecule has 2 aromatic carbocycles. The van der Waals surface area contributed by atoms with Crippen molar-refractivity contribution in [2.75, 3.05) is 6.61 Å². The smallest absolute Gasteiger partial charge is 0.271 e. The van der Waals surface area contributed by atoms with E-state index in [1.807, 2.05) is 48.7 Å². The number of carbonyl (C=O) groups is 1. The molecule has 1 unspecified atom stereocenters. The fourth-order valence-corrected chi connectivity index (χ4v) is 3.63.